The van der Waals surface area contributed by atoms with Crippen LogP contribution in [0.25, 0.3) is 11.0 Å². The summed E-state index contributed by atoms with van der Waals surface area (Å²) >= 11 is 0. The van der Waals surface area contributed by atoms with Crippen molar-refractivity contribution in [1.82, 2.24) is 14.5 Å². The summed E-state index contributed by atoms with van der Waals surface area (Å²) in [5.74, 6) is 0. The first-order valence-electron chi connectivity index (χ1n) is 6.15. The molecular formula is C13H11N3O3S. The minimum absolute atomic E-state index is 0.209. The predicted molar refractivity (Wildman–Crippen MR) is 71.6 cm³/mol. The Morgan fingerprint density at radius 3 is 3.00 bits per heavy atom. The quantitative estimate of drug-likeness (QED) is 0.773. The standard InChI is InChI=1S/C13H11N3O3S/c17-20(18,16-8-10-6-14-7-12(10)15-16)11-1-2-13-9(5-11)3-4-19-13/h1-5,8,14H,6-7H2. The molecule has 1 N–H and O–H groups in total. The molecule has 4 rings (SSSR count). The number of furan rings is 1. The Morgan fingerprint density at radius 1 is 1.25 bits per heavy atom. The smallest absolute Gasteiger partial charge is 0.282 e. The SMILES string of the molecule is O=S(=O)(c1ccc2occc2c1)n1cc2c(n1)CNC2. The molecule has 0 radical (unpaired) electrons. The topological polar surface area (TPSA) is 77.1 Å². The van der Waals surface area contributed by atoms with Gasteiger partial charge in [-0.25, -0.2) is 0 Å². The molecular weight excluding hydrogens is 278 g/mol. The third-order valence-electron chi connectivity index (χ3n) is 3.43. The summed E-state index contributed by atoms with van der Waals surface area (Å²) in [6, 6.07) is 6.52. The number of fused-ring (bicyclic) bond motifs is 2. The molecule has 3 heterocycles. The van der Waals surface area contributed by atoms with Gasteiger partial charge in [0.15, 0.2) is 0 Å². The first kappa shape index (κ1) is 11.7. The molecule has 1 aromatic carbocycles. The van der Waals surface area contributed by atoms with E-state index < -0.39 is 10.0 Å². The average molecular weight is 289 g/mol. The Kier molecular flexibility index (Phi) is 2.30. The molecule has 3 aromatic rings. The van der Waals surface area contributed by atoms with Gasteiger partial charge < -0.3 is 9.73 Å². The van der Waals surface area contributed by atoms with E-state index in [0.29, 0.717) is 18.7 Å². The van der Waals surface area contributed by atoms with Crippen LogP contribution in [0.1, 0.15) is 11.3 Å². The fourth-order valence-electron chi connectivity index (χ4n) is 2.37. The lowest BCUT2D eigenvalue weighted by Gasteiger charge is -2.04. The highest BCUT2D eigenvalue weighted by Crippen LogP contribution is 2.23. The molecule has 1 aliphatic heterocycles. The summed E-state index contributed by atoms with van der Waals surface area (Å²) in [4.78, 5) is 0.209. The number of aromatic nitrogens is 2. The molecule has 0 saturated carbocycles. The van der Waals surface area contributed by atoms with E-state index in [2.05, 4.69) is 10.4 Å². The normalized spacial score (nSPS) is 14.8. The summed E-state index contributed by atoms with van der Waals surface area (Å²) in [5, 5.41) is 8.03. The molecule has 20 heavy (non-hydrogen) atoms. The van der Waals surface area contributed by atoms with Gasteiger partial charge in [0, 0.05) is 30.2 Å². The number of benzene rings is 1. The Bertz CT molecular complexity index is 886. The first-order chi connectivity index (χ1) is 9.64. The lowest BCUT2D eigenvalue weighted by molar-refractivity contribution is 0.577. The van der Waals surface area contributed by atoms with Gasteiger partial charge in [-0.1, -0.05) is 0 Å². The summed E-state index contributed by atoms with van der Waals surface area (Å²) in [5.41, 5.74) is 2.38. The predicted octanol–water partition coefficient (Wildman–Crippen LogP) is 1.47. The zero-order chi connectivity index (χ0) is 13.7. The van der Waals surface area contributed by atoms with E-state index in [0.717, 1.165) is 20.7 Å². The molecule has 102 valence electrons. The van der Waals surface area contributed by atoms with Gasteiger partial charge in [0.2, 0.25) is 0 Å². The summed E-state index contributed by atoms with van der Waals surface area (Å²) < 4.78 is 31.4. The molecule has 0 unspecified atom stereocenters. The maximum absolute atomic E-state index is 12.6. The molecule has 7 heteroatoms. The Labute approximate surface area is 115 Å². The number of nitrogens with zero attached hydrogens (tertiary/aromatic N) is 2. The minimum Gasteiger partial charge on any atom is -0.464 e. The van der Waals surface area contributed by atoms with Crippen LogP contribution in [0.3, 0.4) is 0 Å². The van der Waals surface area contributed by atoms with Crippen LogP contribution < -0.4 is 5.32 Å². The highest BCUT2D eigenvalue weighted by atomic mass is 32.2. The van der Waals surface area contributed by atoms with Crippen LogP contribution in [-0.2, 0) is 23.1 Å². The highest BCUT2D eigenvalue weighted by Gasteiger charge is 2.23. The number of nitrogens with one attached hydrogen (secondary N) is 1. The molecule has 0 bridgehead atoms. The third kappa shape index (κ3) is 1.60. The third-order valence-corrected chi connectivity index (χ3v) is 4.96. The zero-order valence-electron chi connectivity index (χ0n) is 10.4. The molecule has 0 saturated heterocycles. The number of hydrogen-bond donors (Lipinski definition) is 1. The van der Waals surface area contributed by atoms with Crippen molar-refractivity contribution >= 4 is 21.0 Å². The van der Waals surface area contributed by atoms with Crippen LogP contribution in [0, 0.1) is 0 Å². The molecule has 1 aliphatic rings. The molecule has 2 aromatic heterocycles. The largest absolute Gasteiger partial charge is 0.464 e. The highest BCUT2D eigenvalue weighted by molar-refractivity contribution is 7.89. The van der Waals surface area contributed by atoms with Crippen molar-refractivity contribution in [3.63, 3.8) is 0 Å². The van der Waals surface area contributed by atoms with Gasteiger partial charge in [-0.2, -0.15) is 17.6 Å². The number of hydrogen-bond acceptors (Lipinski definition) is 5. The lowest BCUT2D eigenvalue weighted by atomic mass is 10.3. The van der Waals surface area contributed by atoms with Crippen molar-refractivity contribution in [2.45, 2.75) is 18.0 Å². The van der Waals surface area contributed by atoms with E-state index in [1.807, 2.05) is 0 Å². The molecule has 6 nitrogen and oxygen atoms in total. The van der Waals surface area contributed by atoms with E-state index in [4.69, 9.17) is 4.42 Å². The second-order valence-electron chi connectivity index (χ2n) is 4.70. The molecule has 0 fully saturated rings. The summed E-state index contributed by atoms with van der Waals surface area (Å²) in [7, 11) is -3.65. The van der Waals surface area contributed by atoms with Gasteiger partial charge in [0.1, 0.15) is 5.58 Å². The average Bonchev–Trinajstić information content (AvgIpc) is 3.12. The van der Waals surface area contributed by atoms with Gasteiger partial charge in [0.25, 0.3) is 10.0 Å². The van der Waals surface area contributed by atoms with Crippen LogP contribution in [0.4, 0.5) is 0 Å². The first-order valence-corrected chi connectivity index (χ1v) is 7.59. The van der Waals surface area contributed by atoms with E-state index in [1.165, 1.54) is 12.3 Å². The van der Waals surface area contributed by atoms with E-state index in [-0.39, 0.29) is 4.90 Å². The number of rotatable bonds is 2. The van der Waals surface area contributed by atoms with Crippen LogP contribution in [0.2, 0.25) is 0 Å². The second-order valence-corrected chi connectivity index (χ2v) is 6.50. The van der Waals surface area contributed by atoms with E-state index in [1.54, 1.807) is 24.4 Å². The van der Waals surface area contributed by atoms with Crippen LogP contribution in [0.15, 0.2) is 46.0 Å². The lowest BCUT2D eigenvalue weighted by Crippen LogP contribution is -2.15. The van der Waals surface area contributed by atoms with Crippen molar-refractivity contribution in [1.29, 1.82) is 0 Å². The van der Waals surface area contributed by atoms with Crippen molar-refractivity contribution in [3.8, 4) is 0 Å². The minimum atomic E-state index is -3.65. The van der Waals surface area contributed by atoms with Crippen molar-refractivity contribution in [2.75, 3.05) is 0 Å². The molecule has 0 atom stereocenters. The summed E-state index contributed by atoms with van der Waals surface area (Å²) in [6.07, 6.45) is 3.11. The van der Waals surface area contributed by atoms with Crippen LogP contribution >= 0.6 is 0 Å². The Balaban J connectivity index is 1.85. The van der Waals surface area contributed by atoms with Crippen molar-refractivity contribution in [2.24, 2.45) is 0 Å². The van der Waals surface area contributed by atoms with Gasteiger partial charge in [-0.05, 0) is 24.3 Å². The van der Waals surface area contributed by atoms with Crippen molar-refractivity contribution in [3.05, 3.63) is 48.0 Å². The van der Waals surface area contributed by atoms with Crippen molar-refractivity contribution < 1.29 is 12.8 Å². The van der Waals surface area contributed by atoms with Crippen LogP contribution in [0.5, 0.6) is 0 Å². The summed E-state index contributed by atoms with van der Waals surface area (Å²) in [6.45, 7) is 1.27. The van der Waals surface area contributed by atoms with E-state index in [9.17, 15) is 8.42 Å². The fourth-order valence-corrected chi connectivity index (χ4v) is 3.57. The van der Waals surface area contributed by atoms with Gasteiger partial charge in [-0.3, -0.25) is 0 Å². The van der Waals surface area contributed by atoms with Crippen LogP contribution in [-0.4, -0.2) is 17.6 Å². The van der Waals surface area contributed by atoms with Gasteiger partial charge in [0.05, 0.1) is 16.9 Å². The Hall–Kier alpha value is -2.12. The second kappa shape index (κ2) is 3.94. The maximum Gasteiger partial charge on any atom is 0.282 e. The fraction of sp³-hybridized carbons (Fsp3) is 0.154. The maximum atomic E-state index is 12.6. The molecule has 0 aliphatic carbocycles. The molecule has 0 spiro atoms. The zero-order valence-corrected chi connectivity index (χ0v) is 11.2. The molecule has 0 amide bonds. The monoisotopic (exact) mass is 289 g/mol. The van der Waals surface area contributed by atoms with Gasteiger partial charge in [-0.15, -0.1) is 0 Å². The van der Waals surface area contributed by atoms with Gasteiger partial charge >= 0.3 is 0 Å². The van der Waals surface area contributed by atoms with E-state index >= 15 is 0 Å². The Morgan fingerprint density at radius 2 is 2.15 bits per heavy atom.